The van der Waals surface area contributed by atoms with E-state index in [4.69, 9.17) is 4.74 Å². The van der Waals surface area contributed by atoms with Crippen LogP contribution in [0.25, 0.3) is 0 Å². The lowest BCUT2D eigenvalue weighted by molar-refractivity contribution is -0.124. The summed E-state index contributed by atoms with van der Waals surface area (Å²) < 4.78 is 6.04. The fourth-order valence-electron chi connectivity index (χ4n) is 3.24. The van der Waals surface area contributed by atoms with E-state index in [9.17, 15) is 9.59 Å². The van der Waals surface area contributed by atoms with Crippen LogP contribution < -0.4 is 15.4 Å². The molecule has 2 fully saturated rings. The molecule has 2 N–H and O–H groups in total. The van der Waals surface area contributed by atoms with Crippen LogP contribution in [0.1, 0.15) is 19.8 Å². The maximum atomic E-state index is 11.6. The standard InChI is InChI=1S/C19H27N5O3.HI/c1-2-20-18(21-10-13-24-17(25)14-22-19(24)26)23-11-8-16(9-12-23)27-15-6-4-3-5-7-15;/h3-7,16H,2,8-14H2,1H3,(H,20,21)(H,22,26);1H. The first-order chi connectivity index (χ1) is 13.2. The van der Waals surface area contributed by atoms with Gasteiger partial charge in [0.2, 0.25) is 5.91 Å². The number of benzene rings is 1. The third kappa shape index (κ3) is 5.98. The Morgan fingerprint density at radius 2 is 1.96 bits per heavy atom. The fourth-order valence-corrected chi connectivity index (χ4v) is 3.24. The predicted molar refractivity (Wildman–Crippen MR) is 118 cm³/mol. The van der Waals surface area contributed by atoms with E-state index in [1.807, 2.05) is 37.3 Å². The van der Waals surface area contributed by atoms with Crippen molar-refractivity contribution in [3.63, 3.8) is 0 Å². The molecule has 2 heterocycles. The lowest BCUT2D eigenvalue weighted by Gasteiger charge is -2.34. The van der Waals surface area contributed by atoms with Gasteiger partial charge in [0.1, 0.15) is 11.9 Å². The number of nitrogens with zero attached hydrogens (tertiary/aromatic N) is 3. The summed E-state index contributed by atoms with van der Waals surface area (Å²) in [6.07, 6.45) is 2.05. The van der Waals surface area contributed by atoms with Crippen LogP contribution in [0.2, 0.25) is 0 Å². The number of aliphatic imine (C=N–C) groups is 1. The minimum Gasteiger partial charge on any atom is -0.490 e. The first kappa shape index (κ1) is 22.3. The average Bonchev–Trinajstić information content (AvgIpc) is 3.01. The molecule has 1 aromatic carbocycles. The minimum absolute atomic E-state index is 0. The highest BCUT2D eigenvalue weighted by Crippen LogP contribution is 2.18. The number of urea groups is 1. The number of hydrogen-bond acceptors (Lipinski definition) is 4. The second-order valence-electron chi connectivity index (χ2n) is 6.56. The smallest absolute Gasteiger partial charge is 0.324 e. The predicted octanol–water partition coefficient (Wildman–Crippen LogP) is 1.67. The molecule has 2 aliphatic rings. The number of piperidine rings is 1. The van der Waals surface area contributed by atoms with Crippen molar-refractivity contribution in [1.29, 1.82) is 0 Å². The minimum atomic E-state index is -0.334. The molecular formula is C19H28IN5O3. The average molecular weight is 501 g/mol. The van der Waals surface area contributed by atoms with Crippen molar-refractivity contribution in [2.24, 2.45) is 4.99 Å². The Morgan fingerprint density at radius 3 is 2.57 bits per heavy atom. The first-order valence-corrected chi connectivity index (χ1v) is 9.50. The number of imide groups is 1. The van der Waals surface area contributed by atoms with Crippen LogP contribution >= 0.6 is 24.0 Å². The monoisotopic (exact) mass is 501 g/mol. The maximum Gasteiger partial charge on any atom is 0.324 e. The van der Waals surface area contributed by atoms with Gasteiger partial charge in [-0.05, 0) is 19.1 Å². The van der Waals surface area contributed by atoms with Crippen LogP contribution in [0, 0.1) is 0 Å². The van der Waals surface area contributed by atoms with Crippen molar-refractivity contribution in [1.82, 2.24) is 20.4 Å². The Balaban J connectivity index is 0.00000280. The SMILES string of the molecule is CCNC(=NCCN1C(=O)CNC1=O)N1CCC(Oc2ccccc2)CC1.I. The summed E-state index contributed by atoms with van der Waals surface area (Å²) >= 11 is 0. The highest BCUT2D eigenvalue weighted by atomic mass is 127. The molecule has 0 radical (unpaired) electrons. The van der Waals surface area contributed by atoms with E-state index in [-0.39, 0.29) is 48.6 Å². The van der Waals surface area contributed by atoms with Gasteiger partial charge in [-0.15, -0.1) is 24.0 Å². The zero-order chi connectivity index (χ0) is 19.1. The first-order valence-electron chi connectivity index (χ1n) is 9.50. The van der Waals surface area contributed by atoms with Crippen molar-refractivity contribution in [2.75, 3.05) is 39.3 Å². The molecule has 28 heavy (non-hydrogen) atoms. The second-order valence-corrected chi connectivity index (χ2v) is 6.56. The number of ether oxygens (including phenoxy) is 1. The molecule has 0 saturated carbocycles. The normalized spacial score (nSPS) is 18.0. The number of carbonyl (C=O) groups excluding carboxylic acids is 2. The Labute approximate surface area is 182 Å². The van der Waals surface area contributed by atoms with Crippen molar-refractivity contribution in [3.05, 3.63) is 30.3 Å². The molecular weight excluding hydrogens is 473 g/mol. The lowest BCUT2D eigenvalue weighted by Crippen LogP contribution is -2.47. The van der Waals surface area contributed by atoms with Gasteiger partial charge >= 0.3 is 6.03 Å². The zero-order valence-electron chi connectivity index (χ0n) is 16.1. The molecule has 0 spiro atoms. The number of likely N-dealkylation sites (tertiary alicyclic amines) is 1. The van der Waals surface area contributed by atoms with Crippen molar-refractivity contribution < 1.29 is 14.3 Å². The number of carbonyl (C=O) groups is 2. The Bertz CT molecular complexity index is 661. The van der Waals surface area contributed by atoms with Crippen molar-refractivity contribution in [2.45, 2.75) is 25.9 Å². The highest BCUT2D eigenvalue weighted by Gasteiger charge is 2.28. The number of guanidine groups is 1. The van der Waals surface area contributed by atoms with Crippen molar-refractivity contribution in [3.8, 4) is 5.75 Å². The quantitative estimate of drug-likeness (QED) is 0.268. The van der Waals surface area contributed by atoms with Gasteiger partial charge in [-0.25, -0.2) is 4.79 Å². The van der Waals surface area contributed by atoms with Gasteiger partial charge in [-0.3, -0.25) is 14.7 Å². The Morgan fingerprint density at radius 1 is 1.25 bits per heavy atom. The molecule has 0 aliphatic carbocycles. The van der Waals surface area contributed by atoms with Crippen LogP contribution in [0.3, 0.4) is 0 Å². The lowest BCUT2D eigenvalue weighted by atomic mass is 10.1. The molecule has 1 aromatic rings. The fraction of sp³-hybridized carbons (Fsp3) is 0.526. The molecule has 0 aromatic heterocycles. The topological polar surface area (TPSA) is 86.3 Å². The molecule has 0 bridgehead atoms. The number of rotatable bonds is 6. The number of halogens is 1. The molecule has 3 rings (SSSR count). The van der Waals surface area contributed by atoms with Gasteiger partial charge in [0, 0.05) is 32.5 Å². The van der Waals surface area contributed by atoms with E-state index < -0.39 is 0 Å². The van der Waals surface area contributed by atoms with Crippen LogP contribution in [-0.2, 0) is 4.79 Å². The van der Waals surface area contributed by atoms with Gasteiger partial charge in [0.15, 0.2) is 5.96 Å². The van der Waals surface area contributed by atoms with Crippen LogP contribution in [0.5, 0.6) is 5.75 Å². The molecule has 8 nitrogen and oxygen atoms in total. The number of nitrogens with one attached hydrogen (secondary N) is 2. The summed E-state index contributed by atoms with van der Waals surface area (Å²) in [7, 11) is 0. The summed E-state index contributed by atoms with van der Waals surface area (Å²) in [6.45, 7) is 5.27. The summed E-state index contributed by atoms with van der Waals surface area (Å²) in [4.78, 5) is 31.2. The van der Waals surface area contributed by atoms with Gasteiger partial charge in [0.05, 0.1) is 19.6 Å². The number of para-hydroxylation sites is 1. The molecule has 0 unspecified atom stereocenters. The van der Waals surface area contributed by atoms with Gasteiger partial charge in [-0.1, -0.05) is 18.2 Å². The molecule has 9 heteroatoms. The summed E-state index contributed by atoms with van der Waals surface area (Å²) in [5.74, 6) is 1.53. The highest BCUT2D eigenvalue weighted by molar-refractivity contribution is 14.0. The van der Waals surface area contributed by atoms with Gasteiger partial charge < -0.3 is 20.3 Å². The van der Waals surface area contributed by atoms with Crippen LogP contribution in [-0.4, -0.2) is 73.1 Å². The van der Waals surface area contributed by atoms with Crippen LogP contribution in [0.15, 0.2) is 35.3 Å². The molecule has 3 amide bonds. The Kier molecular flexibility index (Phi) is 8.81. The van der Waals surface area contributed by atoms with Gasteiger partial charge in [-0.2, -0.15) is 0 Å². The Hall–Kier alpha value is -2.04. The van der Waals surface area contributed by atoms with E-state index in [1.54, 1.807) is 0 Å². The zero-order valence-corrected chi connectivity index (χ0v) is 18.4. The summed E-state index contributed by atoms with van der Waals surface area (Å²) in [6, 6.07) is 9.56. The van der Waals surface area contributed by atoms with Gasteiger partial charge in [0.25, 0.3) is 0 Å². The van der Waals surface area contributed by atoms with E-state index in [1.165, 1.54) is 4.90 Å². The second kappa shape index (κ2) is 11.1. The van der Waals surface area contributed by atoms with E-state index in [2.05, 4.69) is 20.5 Å². The van der Waals surface area contributed by atoms with Crippen molar-refractivity contribution >= 4 is 41.9 Å². The summed E-state index contributed by atoms with van der Waals surface area (Å²) in [5.41, 5.74) is 0. The number of hydrogen-bond donors (Lipinski definition) is 2. The summed E-state index contributed by atoms with van der Waals surface area (Å²) in [5, 5.41) is 5.82. The third-order valence-electron chi connectivity index (χ3n) is 4.64. The third-order valence-corrected chi connectivity index (χ3v) is 4.64. The molecule has 0 atom stereocenters. The largest absolute Gasteiger partial charge is 0.490 e. The van der Waals surface area contributed by atoms with E-state index in [0.717, 1.165) is 44.2 Å². The molecule has 154 valence electrons. The molecule has 2 saturated heterocycles. The maximum absolute atomic E-state index is 11.6. The van der Waals surface area contributed by atoms with E-state index in [0.29, 0.717) is 13.1 Å². The number of amides is 3. The van der Waals surface area contributed by atoms with E-state index >= 15 is 0 Å². The van der Waals surface area contributed by atoms with Crippen LogP contribution in [0.4, 0.5) is 4.79 Å². The molecule has 2 aliphatic heterocycles.